The molecule has 39 heavy (non-hydrogen) atoms. The molecule has 216 valence electrons. The van der Waals surface area contributed by atoms with Crippen molar-refractivity contribution in [1.82, 2.24) is 0 Å². The number of unbranched alkanes of at least 4 members (excludes halogenated alkanes) is 17. The van der Waals surface area contributed by atoms with E-state index >= 15 is 0 Å². The van der Waals surface area contributed by atoms with Crippen LogP contribution in [-0.4, -0.2) is 40.6 Å². The molecule has 0 unspecified atom stereocenters. The minimum absolute atomic E-state index is 0. The van der Waals surface area contributed by atoms with E-state index in [1.807, 2.05) is 30.3 Å². The van der Waals surface area contributed by atoms with Crippen molar-refractivity contribution in [2.75, 3.05) is 6.61 Å². The van der Waals surface area contributed by atoms with Gasteiger partial charge < -0.3 is 4.74 Å². The second-order valence-electron chi connectivity index (χ2n) is 8.33. The molecule has 0 fully saturated rings. The summed E-state index contributed by atoms with van der Waals surface area (Å²) >= 11 is 0. The SMILES string of the molecule is CCCCCCCCCCCCCCCCCCCCO[C]c1ccccc1.[C]=O.[C]=O.[C]=O.[C]=O.[C]=O.[W]. The average Bonchev–Trinajstić information content (AvgIpc) is 3.01. The van der Waals surface area contributed by atoms with Crippen LogP contribution in [0.3, 0.4) is 0 Å². The summed E-state index contributed by atoms with van der Waals surface area (Å²) in [5, 5.41) is 0. The largest absolute Gasteiger partial charge is 0.363 e. The van der Waals surface area contributed by atoms with Crippen LogP contribution in [0, 0.1) is 6.61 Å². The van der Waals surface area contributed by atoms with Crippen LogP contribution in [-0.2, 0) is 49.8 Å². The standard InChI is InChI=1S/C27H46O.5CO.W/c1-2-3-4-5-6-7-8-9-10-11-12-13-14-15-16-17-18-22-25-28-26-27-23-20-19-21-24-27;5*1-2;/h19-21,23-24H,2-18,22,25H2,1H3;;;;;;. The van der Waals surface area contributed by atoms with Gasteiger partial charge >= 0.3 is 0 Å². The van der Waals surface area contributed by atoms with E-state index in [0.717, 1.165) is 18.6 Å². The molecule has 1 rings (SSSR count). The first-order valence-electron chi connectivity index (χ1n) is 13.4. The summed E-state index contributed by atoms with van der Waals surface area (Å²) in [6.07, 6.45) is 25.4. The third-order valence-corrected chi connectivity index (χ3v) is 5.56. The fourth-order valence-corrected chi connectivity index (χ4v) is 3.72. The fraction of sp³-hybridized carbons (Fsp3) is 0.625. The molecule has 0 saturated heterocycles. The van der Waals surface area contributed by atoms with Gasteiger partial charge in [-0.1, -0.05) is 146 Å². The maximum atomic E-state index is 7.50. The molecule has 12 radical (unpaired) electrons. The van der Waals surface area contributed by atoms with Crippen LogP contribution in [0.1, 0.15) is 128 Å². The molecule has 0 amide bonds. The molecule has 0 aromatic heterocycles. The fourth-order valence-electron chi connectivity index (χ4n) is 3.72. The van der Waals surface area contributed by atoms with Crippen LogP contribution in [0.5, 0.6) is 0 Å². The first kappa shape index (κ1) is 50.1. The van der Waals surface area contributed by atoms with E-state index in [2.05, 4.69) is 47.5 Å². The first-order chi connectivity index (χ1) is 18.9. The average molecular weight is 711 g/mol. The molecule has 0 heterocycles. The summed E-state index contributed by atoms with van der Waals surface area (Å²) in [5.74, 6) is 0. The minimum atomic E-state index is 0. The molecule has 0 bridgehead atoms. The Morgan fingerprint density at radius 1 is 0.487 bits per heavy atom. The maximum absolute atomic E-state index is 7.50. The van der Waals surface area contributed by atoms with Crippen molar-refractivity contribution in [2.45, 2.75) is 122 Å². The Hall–Kier alpha value is -1.78. The Bertz CT molecular complexity index is 481. The van der Waals surface area contributed by atoms with E-state index in [9.17, 15) is 0 Å². The maximum Gasteiger partial charge on any atom is 0.281 e. The molecule has 0 aliphatic rings. The molecular weight excluding hydrogens is 664 g/mol. The molecule has 0 N–H and O–H groups in total. The Balaban J connectivity index is -0.000000221. The quantitative estimate of drug-likeness (QED) is 0.126. The van der Waals surface area contributed by atoms with E-state index < -0.39 is 0 Å². The zero-order valence-corrected chi connectivity index (χ0v) is 26.6. The summed E-state index contributed by atoms with van der Waals surface area (Å²) in [6, 6.07) is 10.1. The van der Waals surface area contributed by atoms with Crippen molar-refractivity contribution < 1.29 is 49.8 Å². The van der Waals surface area contributed by atoms with E-state index in [-0.39, 0.29) is 21.1 Å². The Labute approximate surface area is 254 Å². The van der Waals surface area contributed by atoms with E-state index in [4.69, 9.17) is 28.7 Å². The van der Waals surface area contributed by atoms with Gasteiger partial charge in [0.25, 0.3) is 33.9 Å². The topological polar surface area (TPSA) is 94.6 Å². The third kappa shape index (κ3) is 53.3. The molecule has 7 heteroatoms. The van der Waals surface area contributed by atoms with Gasteiger partial charge in [0.2, 0.25) is 0 Å². The number of ether oxygens (including phenoxy) is 1. The van der Waals surface area contributed by atoms with Gasteiger partial charge in [-0.2, -0.15) is 0 Å². The predicted octanol–water partition coefficient (Wildman–Crippen LogP) is 7.14. The summed E-state index contributed by atoms with van der Waals surface area (Å²) in [4.78, 5) is 37.5. The van der Waals surface area contributed by atoms with E-state index in [0.29, 0.717) is 0 Å². The number of hydrogen-bond donors (Lipinski definition) is 0. The van der Waals surface area contributed by atoms with Gasteiger partial charge in [-0.15, -0.1) is 0 Å². The predicted molar refractivity (Wildman–Crippen MR) is 152 cm³/mol. The zero-order chi connectivity index (χ0) is 30.0. The van der Waals surface area contributed by atoms with Crippen molar-refractivity contribution >= 4 is 33.9 Å². The van der Waals surface area contributed by atoms with E-state index in [1.54, 1.807) is 0 Å². The molecule has 0 atom stereocenters. The molecule has 0 aliphatic carbocycles. The van der Waals surface area contributed by atoms with Crippen molar-refractivity contribution in [2.24, 2.45) is 0 Å². The van der Waals surface area contributed by atoms with Crippen molar-refractivity contribution in [3.63, 3.8) is 0 Å². The first-order valence-corrected chi connectivity index (χ1v) is 13.4. The second-order valence-corrected chi connectivity index (χ2v) is 8.33. The molecule has 6 nitrogen and oxygen atoms in total. The Morgan fingerprint density at radius 2 is 0.769 bits per heavy atom. The molecule has 0 saturated carbocycles. The number of hydrogen-bond acceptors (Lipinski definition) is 6. The van der Waals surface area contributed by atoms with Crippen LogP contribution in [0.2, 0.25) is 0 Å². The van der Waals surface area contributed by atoms with Gasteiger partial charge in [-0.3, -0.25) is 24.0 Å². The summed E-state index contributed by atoms with van der Waals surface area (Å²) in [5.41, 5.74) is 1.03. The van der Waals surface area contributed by atoms with Crippen LogP contribution < -0.4 is 0 Å². The van der Waals surface area contributed by atoms with Gasteiger partial charge in [0.1, 0.15) is 0 Å². The van der Waals surface area contributed by atoms with Gasteiger partial charge in [0.15, 0.2) is 6.61 Å². The van der Waals surface area contributed by atoms with Crippen molar-refractivity contribution in [1.29, 1.82) is 0 Å². The molecule has 1 aromatic rings. The smallest absolute Gasteiger partial charge is 0.281 e. The summed E-state index contributed by atoms with van der Waals surface area (Å²) < 4.78 is 5.50. The summed E-state index contributed by atoms with van der Waals surface area (Å²) in [6.45, 7) is 28.6. The minimum Gasteiger partial charge on any atom is -0.363 e. The zero-order valence-electron chi connectivity index (χ0n) is 23.7. The van der Waals surface area contributed by atoms with E-state index in [1.165, 1.54) is 109 Å². The number of carbonyl (C=O) groups excluding carboxylic acids is 5. The van der Waals surface area contributed by atoms with Crippen molar-refractivity contribution in [3.8, 4) is 0 Å². The van der Waals surface area contributed by atoms with Gasteiger partial charge in [0, 0.05) is 27.7 Å². The molecule has 0 aliphatic heterocycles. The van der Waals surface area contributed by atoms with Crippen molar-refractivity contribution in [3.05, 3.63) is 42.5 Å². The van der Waals surface area contributed by atoms with Crippen LogP contribution in [0.15, 0.2) is 30.3 Å². The van der Waals surface area contributed by atoms with Crippen LogP contribution in [0.4, 0.5) is 0 Å². The van der Waals surface area contributed by atoms with Gasteiger partial charge in [-0.05, 0) is 12.0 Å². The number of benzene rings is 1. The number of rotatable bonds is 21. The molecule has 0 spiro atoms. The third-order valence-electron chi connectivity index (χ3n) is 5.56. The van der Waals surface area contributed by atoms with Gasteiger partial charge in [0.05, 0.1) is 0 Å². The molecule has 1 aromatic carbocycles. The van der Waals surface area contributed by atoms with Crippen LogP contribution in [0.25, 0.3) is 0 Å². The second kappa shape index (κ2) is 60.6. The van der Waals surface area contributed by atoms with Crippen LogP contribution >= 0.6 is 0 Å². The normalized spacial score (nSPS) is 8.54. The van der Waals surface area contributed by atoms with Gasteiger partial charge in [-0.25, -0.2) is 0 Å². The summed E-state index contributed by atoms with van der Waals surface area (Å²) in [7, 11) is 0. The Kier molecular flexibility index (Phi) is 77.9. The molecular formula is C32H46O6W. The Morgan fingerprint density at radius 3 is 1.08 bits per heavy atom. The monoisotopic (exact) mass is 710 g/mol.